The molecule has 7 heteroatoms. The van der Waals surface area contributed by atoms with E-state index in [2.05, 4.69) is 10.6 Å². The maximum atomic E-state index is 12.5. The molecular formula is C13H14ClF3N2O. The van der Waals surface area contributed by atoms with Crippen LogP contribution in [0.5, 0.6) is 0 Å². The number of hydrogen-bond acceptors (Lipinski definition) is 2. The van der Waals surface area contributed by atoms with E-state index in [1.807, 2.05) is 0 Å². The maximum Gasteiger partial charge on any atom is 0.416 e. The van der Waals surface area contributed by atoms with Crippen LogP contribution in [0.3, 0.4) is 0 Å². The second-order valence-electron chi connectivity index (χ2n) is 4.72. The number of carbonyl (C=O) groups is 1. The minimum Gasteiger partial charge on any atom is -0.324 e. The molecule has 1 saturated heterocycles. The summed E-state index contributed by atoms with van der Waals surface area (Å²) in [5.74, 6) is -0.402. The van der Waals surface area contributed by atoms with Crippen LogP contribution in [0, 0.1) is 5.92 Å². The monoisotopic (exact) mass is 306 g/mol. The molecule has 0 aromatic heterocycles. The molecule has 0 bridgehead atoms. The van der Waals surface area contributed by atoms with Gasteiger partial charge in [0.15, 0.2) is 0 Å². The van der Waals surface area contributed by atoms with Gasteiger partial charge in [0.25, 0.3) is 0 Å². The van der Waals surface area contributed by atoms with E-state index >= 15 is 0 Å². The quantitative estimate of drug-likeness (QED) is 0.880. The number of carbonyl (C=O) groups excluding carboxylic acids is 1. The number of piperidine rings is 1. The van der Waals surface area contributed by atoms with E-state index in [9.17, 15) is 18.0 Å². The summed E-state index contributed by atoms with van der Waals surface area (Å²) in [6.07, 6.45) is -2.78. The molecule has 0 radical (unpaired) electrons. The Hall–Kier alpha value is -1.27. The summed E-state index contributed by atoms with van der Waals surface area (Å²) in [6.45, 7) is 1.45. The Morgan fingerprint density at radius 2 is 2.15 bits per heavy atom. The van der Waals surface area contributed by atoms with Crippen molar-refractivity contribution in [1.82, 2.24) is 5.32 Å². The smallest absolute Gasteiger partial charge is 0.324 e. The first-order valence-electron chi connectivity index (χ1n) is 6.26. The number of amides is 1. The highest BCUT2D eigenvalue weighted by atomic mass is 35.5. The van der Waals surface area contributed by atoms with Crippen molar-refractivity contribution in [3.05, 3.63) is 28.8 Å². The standard InChI is InChI=1S/C13H14ClF3N2O/c14-10-6-9(13(15,16)17)3-4-11(10)19-12(20)8-2-1-5-18-7-8/h3-4,6,8,18H,1-2,5,7H2,(H,19,20). The third-order valence-corrected chi connectivity index (χ3v) is 3.53. The Morgan fingerprint density at radius 3 is 2.70 bits per heavy atom. The lowest BCUT2D eigenvalue weighted by Gasteiger charge is -2.22. The van der Waals surface area contributed by atoms with Gasteiger partial charge in [0.1, 0.15) is 0 Å². The molecule has 20 heavy (non-hydrogen) atoms. The summed E-state index contributed by atoms with van der Waals surface area (Å²) in [5, 5.41) is 5.57. The molecule has 1 aromatic rings. The average molecular weight is 307 g/mol. The summed E-state index contributed by atoms with van der Waals surface area (Å²) in [4.78, 5) is 12.0. The normalized spacial score (nSPS) is 19.7. The van der Waals surface area contributed by atoms with Crippen molar-refractivity contribution in [2.75, 3.05) is 18.4 Å². The topological polar surface area (TPSA) is 41.1 Å². The van der Waals surface area contributed by atoms with E-state index in [1.54, 1.807) is 0 Å². The third kappa shape index (κ3) is 3.64. The predicted molar refractivity (Wildman–Crippen MR) is 70.7 cm³/mol. The fourth-order valence-corrected chi connectivity index (χ4v) is 2.33. The highest BCUT2D eigenvalue weighted by molar-refractivity contribution is 6.33. The summed E-state index contributed by atoms with van der Waals surface area (Å²) < 4.78 is 37.5. The molecule has 1 amide bonds. The van der Waals surface area contributed by atoms with Gasteiger partial charge in [0.05, 0.1) is 22.2 Å². The molecule has 1 fully saturated rings. The van der Waals surface area contributed by atoms with Gasteiger partial charge in [-0.15, -0.1) is 0 Å². The number of nitrogens with one attached hydrogen (secondary N) is 2. The van der Waals surface area contributed by atoms with Crippen molar-refractivity contribution in [2.24, 2.45) is 5.92 Å². The molecule has 1 atom stereocenters. The molecule has 1 heterocycles. The van der Waals surface area contributed by atoms with E-state index in [4.69, 9.17) is 11.6 Å². The van der Waals surface area contributed by atoms with Crippen LogP contribution >= 0.6 is 11.6 Å². The molecule has 110 valence electrons. The molecule has 1 aliphatic rings. The second kappa shape index (κ2) is 6.01. The van der Waals surface area contributed by atoms with Crippen molar-refractivity contribution in [2.45, 2.75) is 19.0 Å². The molecule has 2 N–H and O–H groups in total. The van der Waals surface area contributed by atoms with E-state index in [0.29, 0.717) is 6.54 Å². The maximum absolute atomic E-state index is 12.5. The number of alkyl halides is 3. The van der Waals surface area contributed by atoms with Crippen LogP contribution in [0.15, 0.2) is 18.2 Å². The molecule has 0 saturated carbocycles. The first-order valence-corrected chi connectivity index (χ1v) is 6.64. The number of halogens is 4. The van der Waals surface area contributed by atoms with Crippen LogP contribution in [0.25, 0.3) is 0 Å². The molecule has 2 rings (SSSR count). The Balaban J connectivity index is 2.08. The average Bonchev–Trinajstić information content (AvgIpc) is 2.41. The SMILES string of the molecule is O=C(Nc1ccc(C(F)(F)F)cc1Cl)C1CCCNC1. The molecule has 3 nitrogen and oxygen atoms in total. The highest BCUT2D eigenvalue weighted by Crippen LogP contribution is 2.33. The van der Waals surface area contributed by atoms with Crippen molar-refractivity contribution in [3.8, 4) is 0 Å². The van der Waals surface area contributed by atoms with Crippen LogP contribution in [0.1, 0.15) is 18.4 Å². The predicted octanol–water partition coefficient (Wildman–Crippen LogP) is 3.30. The molecule has 1 aromatic carbocycles. The summed E-state index contributed by atoms with van der Waals surface area (Å²) in [7, 11) is 0. The van der Waals surface area contributed by atoms with Gasteiger partial charge in [0.2, 0.25) is 5.91 Å². The van der Waals surface area contributed by atoms with Crippen LogP contribution in [0.2, 0.25) is 5.02 Å². The van der Waals surface area contributed by atoms with E-state index in [1.165, 1.54) is 6.07 Å². The largest absolute Gasteiger partial charge is 0.416 e. The van der Waals surface area contributed by atoms with Crippen LogP contribution < -0.4 is 10.6 Å². The Bertz CT molecular complexity index is 499. The van der Waals surface area contributed by atoms with E-state index < -0.39 is 11.7 Å². The summed E-state index contributed by atoms with van der Waals surface area (Å²) in [6, 6.07) is 2.90. The molecule has 1 unspecified atom stereocenters. The van der Waals surface area contributed by atoms with Crippen LogP contribution in [-0.4, -0.2) is 19.0 Å². The van der Waals surface area contributed by atoms with E-state index in [-0.39, 0.29) is 22.5 Å². The van der Waals surface area contributed by atoms with Gasteiger partial charge >= 0.3 is 6.18 Å². The lowest BCUT2D eigenvalue weighted by Crippen LogP contribution is -2.37. The molecule has 0 aliphatic carbocycles. The Labute approximate surface area is 119 Å². The van der Waals surface area contributed by atoms with Gasteiger partial charge < -0.3 is 10.6 Å². The first kappa shape index (κ1) is 15.1. The van der Waals surface area contributed by atoms with E-state index in [0.717, 1.165) is 31.5 Å². The second-order valence-corrected chi connectivity index (χ2v) is 5.13. The zero-order chi connectivity index (χ0) is 14.8. The van der Waals surface area contributed by atoms with Gasteiger partial charge in [0, 0.05) is 6.54 Å². The van der Waals surface area contributed by atoms with Gasteiger partial charge in [-0.1, -0.05) is 11.6 Å². The van der Waals surface area contributed by atoms with Crippen molar-refractivity contribution >= 4 is 23.2 Å². The highest BCUT2D eigenvalue weighted by Gasteiger charge is 2.31. The number of anilines is 1. The van der Waals surface area contributed by atoms with Gasteiger partial charge in [-0.3, -0.25) is 4.79 Å². The third-order valence-electron chi connectivity index (χ3n) is 3.22. The van der Waals surface area contributed by atoms with Gasteiger partial charge in [-0.25, -0.2) is 0 Å². The Morgan fingerprint density at radius 1 is 1.40 bits per heavy atom. The van der Waals surface area contributed by atoms with Crippen LogP contribution in [-0.2, 0) is 11.0 Å². The molecular weight excluding hydrogens is 293 g/mol. The lowest BCUT2D eigenvalue weighted by atomic mass is 9.99. The Kier molecular flexibility index (Phi) is 4.55. The molecule has 0 spiro atoms. The van der Waals surface area contributed by atoms with Crippen molar-refractivity contribution in [1.29, 1.82) is 0 Å². The van der Waals surface area contributed by atoms with Gasteiger partial charge in [-0.2, -0.15) is 13.2 Å². The fourth-order valence-electron chi connectivity index (χ4n) is 2.10. The minimum atomic E-state index is -4.44. The van der Waals surface area contributed by atoms with Crippen molar-refractivity contribution in [3.63, 3.8) is 0 Å². The summed E-state index contributed by atoms with van der Waals surface area (Å²) >= 11 is 5.79. The number of hydrogen-bond donors (Lipinski definition) is 2. The van der Waals surface area contributed by atoms with Crippen molar-refractivity contribution < 1.29 is 18.0 Å². The van der Waals surface area contributed by atoms with Crippen LogP contribution in [0.4, 0.5) is 18.9 Å². The molecule has 1 aliphatic heterocycles. The minimum absolute atomic E-state index is 0.114. The summed E-state index contributed by atoms with van der Waals surface area (Å²) in [5.41, 5.74) is -0.630. The fraction of sp³-hybridized carbons (Fsp3) is 0.462. The lowest BCUT2D eigenvalue weighted by molar-refractivity contribution is -0.137. The number of rotatable bonds is 2. The zero-order valence-corrected chi connectivity index (χ0v) is 11.3. The zero-order valence-electron chi connectivity index (χ0n) is 10.6. The number of benzene rings is 1. The van der Waals surface area contributed by atoms with Gasteiger partial charge in [-0.05, 0) is 37.6 Å². The first-order chi connectivity index (χ1) is 9.38.